The standard InChI is InChI=1S/C21H23N3O4S/c1-27-17-9-7-14(8-10-17)20(26)24-21(29)23-16-5-2-4-15(12-16)19(25)22-13-18-6-3-11-28-18/h2,4-5,7-10,12,18H,3,6,11,13H2,1H3,(H,22,25)(H2,23,24,26,29)/t18-/m1/s1. The predicted molar refractivity (Wildman–Crippen MR) is 114 cm³/mol. The van der Waals surface area contributed by atoms with Gasteiger partial charge in [-0.3, -0.25) is 14.9 Å². The van der Waals surface area contributed by atoms with Crippen molar-refractivity contribution in [3.63, 3.8) is 0 Å². The Hall–Kier alpha value is -2.97. The monoisotopic (exact) mass is 413 g/mol. The van der Waals surface area contributed by atoms with Crippen molar-refractivity contribution in [1.29, 1.82) is 0 Å². The van der Waals surface area contributed by atoms with E-state index in [0.717, 1.165) is 19.4 Å². The van der Waals surface area contributed by atoms with Gasteiger partial charge >= 0.3 is 0 Å². The van der Waals surface area contributed by atoms with Crippen LogP contribution in [-0.4, -0.2) is 43.3 Å². The highest BCUT2D eigenvalue weighted by atomic mass is 32.1. The van der Waals surface area contributed by atoms with Gasteiger partial charge in [-0.25, -0.2) is 0 Å². The van der Waals surface area contributed by atoms with Crippen molar-refractivity contribution in [2.24, 2.45) is 0 Å². The Morgan fingerprint density at radius 1 is 1.14 bits per heavy atom. The van der Waals surface area contributed by atoms with Crippen molar-refractivity contribution < 1.29 is 19.1 Å². The van der Waals surface area contributed by atoms with Gasteiger partial charge in [-0.2, -0.15) is 0 Å². The van der Waals surface area contributed by atoms with Crippen LogP contribution in [0.2, 0.25) is 0 Å². The van der Waals surface area contributed by atoms with Crippen molar-refractivity contribution in [2.45, 2.75) is 18.9 Å². The van der Waals surface area contributed by atoms with Gasteiger partial charge in [0.2, 0.25) is 0 Å². The number of methoxy groups -OCH3 is 1. The summed E-state index contributed by atoms with van der Waals surface area (Å²) in [5.74, 6) is 0.143. The number of rotatable bonds is 6. The maximum atomic E-state index is 12.3. The molecule has 2 amide bonds. The first-order valence-corrected chi connectivity index (χ1v) is 9.72. The van der Waals surface area contributed by atoms with Crippen LogP contribution in [0.1, 0.15) is 33.6 Å². The maximum Gasteiger partial charge on any atom is 0.257 e. The minimum Gasteiger partial charge on any atom is -0.497 e. The third-order valence-corrected chi connectivity index (χ3v) is 4.68. The second-order valence-electron chi connectivity index (χ2n) is 6.56. The van der Waals surface area contributed by atoms with Crippen LogP contribution in [0, 0.1) is 0 Å². The molecule has 0 radical (unpaired) electrons. The lowest BCUT2D eigenvalue weighted by molar-refractivity contribution is 0.0857. The number of amides is 2. The van der Waals surface area contributed by atoms with E-state index in [1.165, 1.54) is 0 Å². The molecule has 1 saturated heterocycles. The Bertz CT molecular complexity index is 880. The Morgan fingerprint density at radius 3 is 2.62 bits per heavy atom. The smallest absolute Gasteiger partial charge is 0.257 e. The van der Waals surface area contributed by atoms with Crippen LogP contribution < -0.4 is 20.7 Å². The molecule has 7 nitrogen and oxygen atoms in total. The molecule has 2 aromatic rings. The van der Waals surface area contributed by atoms with Gasteiger partial charge in [-0.05, 0) is 67.5 Å². The summed E-state index contributed by atoms with van der Waals surface area (Å²) in [4.78, 5) is 24.6. The van der Waals surface area contributed by atoms with Crippen molar-refractivity contribution >= 4 is 34.8 Å². The van der Waals surface area contributed by atoms with Gasteiger partial charge in [0.05, 0.1) is 13.2 Å². The summed E-state index contributed by atoms with van der Waals surface area (Å²) in [7, 11) is 1.56. The van der Waals surface area contributed by atoms with E-state index in [2.05, 4.69) is 16.0 Å². The lowest BCUT2D eigenvalue weighted by Crippen LogP contribution is -2.34. The summed E-state index contributed by atoms with van der Waals surface area (Å²) in [6, 6.07) is 13.6. The number of benzene rings is 2. The highest BCUT2D eigenvalue weighted by Crippen LogP contribution is 2.14. The van der Waals surface area contributed by atoms with E-state index < -0.39 is 0 Å². The molecule has 0 saturated carbocycles. The number of ether oxygens (including phenoxy) is 2. The molecule has 1 aliphatic heterocycles. The van der Waals surface area contributed by atoms with Crippen LogP contribution in [0.15, 0.2) is 48.5 Å². The van der Waals surface area contributed by atoms with Gasteiger partial charge in [0, 0.05) is 30.0 Å². The summed E-state index contributed by atoms with van der Waals surface area (Å²) in [6.45, 7) is 1.24. The molecule has 3 rings (SSSR count). The molecular formula is C21H23N3O4S. The molecule has 1 heterocycles. The topological polar surface area (TPSA) is 88.7 Å². The zero-order valence-electron chi connectivity index (χ0n) is 16.1. The first kappa shape index (κ1) is 20.8. The molecule has 2 aromatic carbocycles. The fourth-order valence-electron chi connectivity index (χ4n) is 2.93. The van der Waals surface area contributed by atoms with E-state index in [1.54, 1.807) is 55.6 Å². The van der Waals surface area contributed by atoms with Gasteiger partial charge in [-0.15, -0.1) is 0 Å². The van der Waals surface area contributed by atoms with E-state index in [1.807, 2.05) is 0 Å². The lowest BCUT2D eigenvalue weighted by Gasteiger charge is -2.13. The number of carbonyl (C=O) groups is 2. The largest absolute Gasteiger partial charge is 0.497 e. The van der Waals surface area contributed by atoms with E-state index in [9.17, 15) is 9.59 Å². The second-order valence-corrected chi connectivity index (χ2v) is 6.97. The van der Waals surface area contributed by atoms with Crippen LogP contribution in [0.3, 0.4) is 0 Å². The molecule has 8 heteroatoms. The molecule has 1 fully saturated rings. The van der Waals surface area contributed by atoms with Gasteiger partial charge in [0.15, 0.2) is 5.11 Å². The molecule has 0 aromatic heterocycles. The molecule has 0 spiro atoms. The lowest BCUT2D eigenvalue weighted by atomic mass is 10.1. The molecule has 29 heavy (non-hydrogen) atoms. The molecule has 0 unspecified atom stereocenters. The minimum absolute atomic E-state index is 0.0843. The van der Waals surface area contributed by atoms with Crippen molar-refractivity contribution in [3.8, 4) is 5.75 Å². The summed E-state index contributed by atoms with van der Waals surface area (Å²) < 4.78 is 10.6. The molecule has 0 aliphatic carbocycles. The Kier molecular flexibility index (Phi) is 7.15. The first-order valence-electron chi connectivity index (χ1n) is 9.31. The fraction of sp³-hybridized carbons (Fsp3) is 0.286. The zero-order chi connectivity index (χ0) is 20.6. The van der Waals surface area contributed by atoms with E-state index >= 15 is 0 Å². The minimum atomic E-state index is -0.337. The number of nitrogens with one attached hydrogen (secondary N) is 3. The highest BCUT2D eigenvalue weighted by Gasteiger charge is 2.17. The van der Waals surface area contributed by atoms with E-state index in [4.69, 9.17) is 21.7 Å². The Balaban J connectivity index is 1.53. The number of anilines is 1. The van der Waals surface area contributed by atoms with E-state index in [0.29, 0.717) is 29.1 Å². The highest BCUT2D eigenvalue weighted by molar-refractivity contribution is 7.80. The first-order chi connectivity index (χ1) is 14.0. The summed E-state index contributed by atoms with van der Waals surface area (Å²) in [6.07, 6.45) is 2.07. The van der Waals surface area contributed by atoms with Gasteiger partial charge in [0.25, 0.3) is 11.8 Å². The summed E-state index contributed by atoms with van der Waals surface area (Å²) in [5.41, 5.74) is 1.56. The van der Waals surface area contributed by atoms with Crippen LogP contribution in [-0.2, 0) is 4.74 Å². The summed E-state index contributed by atoms with van der Waals surface area (Å²) >= 11 is 5.21. The maximum absolute atomic E-state index is 12.3. The number of thiocarbonyl (C=S) groups is 1. The van der Waals surface area contributed by atoms with Crippen LogP contribution in [0.4, 0.5) is 5.69 Å². The SMILES string of the molecule is COc1ccc(C(=O)NC(=S)Nc2cccc(C(=O)NC[C@H]3CCCO3)c2)cc1. The van der Waals surface area contributed by atoms with Gasteiger partial charge in [-0.1, -0.05) is 6.07 Å². The number of hydrogen-bond donors (Lipinski definition) is 3. The zero-order valence-corrected chi connectivity index (χ0v) is 16.9. The van der Waals surface area contributed by atoms with Gasteiger partial charge in [0.1, 0.15) is 5.75 Å². The van der Waals surface area contributed by atoms with Crippen molar-refractivity contribution in [3.05, 3.63) is 59.7 Å². The molecule has 1 atom stereocenters. The molecular weight excluding hydrogens is 390 g/mol. The molecule has 152 valence electrons. The average Bonchev–Trinajstić information content (AvgIpc) is 3.26. The Labute approximate surface area is 174 Å². The average molecular weight is 413 g/mol. The van der Waals surface area contributed by atoms with Crippen LogP contribution in [0.5, 0.6) is 5.75 Å². The van der Waals surface area contributed by atoms with Gasteiger partial charge < -0.3 is 20.1 Å². The normalized spacial score (nSPS) is 15.4. The third-order valence-electron chi connectivity index (χ3n) is 4.48. The Morgan fingerprint density at radius 2 is 1.93 bits per heavy atom. The quantitative estimate of drug-likeness (QED) is 0.631. The third kappa shape index (κ3) is 6.00. The van der Waals surface area contributed by atoms with Crippen molar-refractivity contribution in [2.75, 3.05) is 25.6 Å². The molecule has 3 N–H and O–H groups in total. The van der Waals surface area contributed by atoms with Crippen LogP contribution in [0.25, 0.3) is 0 Å². The van der Waals surface area contributed by atoms with E-state index in [-0.39, 0.29) is 23.0 Å². The number of carbonyl (C=O) groups excluding carboxylic acids is 2. The summed E-state index contributed by atoms with van der Waals surface area (Å²) in [5, 5.41) is 8.57. The second kappa shape index (κ2) is 9.99. The molecule has 1 aliphatic rings. The molecule has 0 bridgehead atoms. The van der Waals surface area contributed by atoms with Crippen molar-refractivity contribution in [1.82, 2.24) is 10.6 Å². The number of hydrogen-bond acceptors (Lipinski definition) is 5. The fourth-order valence-corrected chi connectivity index (χ4v) is 3.14. The van der Waals surface area contributed by atoms with Crippen LogP contribution >= 0.6 is 12.2 Å². The predicted octanol–water partition coefficient (Wildman–Crippen LogP) is 2.73.